The first-order chi connectivity index (χ1) is 10.0. The van der Waals surface area contributed by atoms with E-state index in [1.807, 2.05) is 24.4 Å². The third-order valence-corrected chi connectivity index (χ3v) is 3.13. The molecule has 1 N–H and O–H groups in total. The van der Waals surface area contributed by atoms with Crippen molar-refractivity contribution in [3.05, 3.63) is 30.1 Å². The third kappa shape index (κ3) is 3.33. The van der Waals surface area contributed by atoms with Crippen LogP contribution in [0.25, 0.3) is 5.69 Å². The van der Waals surface area contributed by atoms with Gasteiger partial charge in [-0.15, -0.1) is 5.10 Å². The molecule has 2 aromatic rings. The second-order valence-corrected chi connectivity index (χ2v) is 6.09. The van der Waals surface area contributed by atoms with E-state index in [-0.39, 0.29) is 5.54 Å². The highest BCUT2D eigenvalue weighted by molar-refractivity contribution is 5.49. The smallest absolute Gasteiger partial charge is 0.163 e. The number of nitrogens with one attached hydrogen (secondary N) is 1. The lowest BCUT2D eigenvalue weighted by atomic mass is 10.1. The van der Waals surface area contributed by atoms with E-state index in [2.05, 4.69) is 36.4 Å². The summed E-state index contributed by atoms with van der Waals surface area (Å²) in [5.74, 6) is 1.53. The molecule has 0 aliphatic carbocycles. The second-order valence-electron chi connectivity index (χ2n) is 6.09. The molecule has 0 atom stereocenters. The fourth-order valence-corrected chi connectivity index (χ4v) is 2.04. The van der Waals surface area contributed by atoms with Crippen LogP contribution < -0.4 is 14.8 Å². The molecule has 3 rings (SSSR count). The van der Waals surface area contributed by atoms with E-state index >= 15 is 0 Å². The van der Waals surface area contributed by atoms with Gasteiger partial charge in [-0.25, -0.2) is 4.68 Å². The minimum atomic E-state index is 0.0563. The molecule has 0 radical (unpaired) electrons. The quantitative estimate of drug-likeness (QED) is 0.935. The number of rotatable bonds is 3. The van der Waals surface area contributed by atoms with Gasteiger partial charge in [0.05, 0.1) is 17.6 Å². The Morgan fingerprint density at radius 2 is 1.95 bits per heavy atom. The van der Waals surface area contributed by atoms with Gasteiger partial charge in [0.1, 0.15) is 13.2 Å². The number of fused-ring (bicyclic) bond motifs is 1. The van der Waals surface area contributed by atoms with Gasteiger partial charge in [-0.3, -0.25) is 0 Å². The van der Waals surface area contributed by atoms with Gasteiger partial charge in [0, 0.05) is 18.2 Å². The molecular weight excluding hydrogens is 268 g/mol. The molecule has 1 aliphatic rings. The normalized spacial score (nSPS) is 14.2. The zero-order valence-electron chi connectivity index (χ0n) is 12.6. The van der Waals surface area contributed by atoms with Crippen molar-refractivity contribution in [1.82, 2.24) is 20.3 Å². The van der Waals surface area contributed by atoms with Crippen LogP contribution in [0, 0.1) is 0 Å². The minimum absolute atomic E-state index is 0.0563. The van der Waals surface area contributed by atoms with Crippen LogP contribution in [-0.4, -0.2) is 33.7 Å². The molecular formula is C15H20N4O2. The highest BCUT2D eigenvalue weighted by Crippen LogP contribution is 2.31. The van der Waals surface area contributed by atoms with E-state index in [0.717, 1.165) is 22.9 Å². The number of hydrogen-bond donors (Lipinski definition) is 1. The summed E-state index contributed by atoms with van der Waals surface area (Å²) in [6.07, 6.45) is 1.92. The van der Waals surface area contributed by atoms with Crippen LogP contribution in [0.5, 0.6) is 11.5 Å². The summed E-state index contributed by atoms with van der Waals surface area (Å²) < 4.78 is 12.8. The van der Waals surface area contributed by atoms with Crippen molar-refractivity contribution in [1.29, 1.82) is 0 Å². The van der Waals surface area contributed by atoms with Gasteiger partial charge < -0.3 is 14.8 Å². The Hall–Kier alpha value is -2.08. The highest BCUT2D eigenvalue weighted by atomic mass is 16.6. The molecule has 1 aromatic carbocycles. The molecule has 0 saturated carbocycles. The van der Waals surface area contributed by atoms with Crippen molar-refractivity contribution in [3.8, 4) is 17.2 Å². The Morgan fingerprint density at radius 1 is 1.19 bits per heavy atom. The number of benzene rings is 1. The highest BCUT2D eigenvalue weighted by Gasteiger charge is 2.14. The summed E-state index contributed by atoms with van der Waals surface area (Å²) in [6.45, 7) is 8.23. The molecule has 0 spiro atoms. The molecule has 6 heteroatoms. The minimum Gasteiger partial charge on any atom is -0.486 e. The van der Waals surface area contributed by atoms with Crippen LogP contribution in [0.4, 0.5) is 0 Å². The molecule has 0 unspecified atom stereocenters. The predicted octanol–water partition coefficient (Wildman–Crippen LogP) is 1.93. The van der Waals surface area contributed by atoms with Gasteiger partial charge in [-0.1, -0.05) is 5.21 Å². The van der Waals surface area contributed by atoms with E-state index in [9.17, 15) is 0 Å². The molecule has 21 heavy (non-hydrogen) atoms. The largest absolute Gasteiger partial charge is 0.486 e. The average Bonchev–Trinajstić information content (AvgIpc) is 2.93. The summed E-state index contributed by atoms with van der Waals surface area (Å²) >= 11 is 0. The number of ether oxygens (including phenoxy) is 2. The molecule has 1 aliphatic heterocycles. The monoisotopic (exact) mass is 288 g/mol. The molecule has 1 aromatic heterocycles. The lowest BCUT2D eigenvalue weighted by Gasteiger charge is -2.19. The maximum Gasteiger partial charge on any atom is 0.163 e. The van der Waals surface area contributed by atoms with Gasteiger partial charge >= 0.3 is 0 Å². The summed E-state index contributed by atoms with van der Waals surface area (Å²) in [7, 11) is 0. The first kappa shape index (κ1) is 13.9. The second kappa shape index (κ2) is 5.37. The van der Waals surface area contributed by atoms with Crippen LogP contribution in [-0.2, 0) is 6.54 Å². The molecule has 0 bridgehead atoms. The van der Waals surface area contributed by atoms with E-state index < -0.39 is 0 Å². The van der Waals surface area contributed by atoms with Crippen molar-refractivity contribution in [2.24, 2.45) is 0 Å². The maximum absolute atomic E-state index is 5.59. The molecule has 0 fully saturated rings. The summed E-state index contributed by atoms with van der Waals surface area (Å²) in [5.41, 5.74) is 1.87. The first-order valence-corrected chi connectivity index (χ1v) is 7.07. The van der Waals surface area contributed by atoms with Crippen molar-refractivity contribution in [2.75, 3.05) is 13.2 Å². The molecule has 112 valence electrons. The summed E-state index contributed by atoms with van der Waals surface area (Å²) in [5, 5.41) is 11.7. The van der Waals surface area contributed by atoms with Crippen LogP contribution in [0.3, 0.4) is 0 Å². The molecule has 6 nitrogen and oxygen atoms in total. The lowest BCUT2D eigenvalue weighted by Crippen LogP contribution is -2.35. The number of hydrogen-bond acceptors (Lipinski definition) is 5. The topological polar surface area (TPSA) is 61.2 Å². The van der Waals surface area contributed by atoms with Gasteiger partial charge in [-0.05, 0) is 32.9 Å². The zero-order chi connectivity index (χ0) is 14.9. The maximum atomic E-state index is 5.59. The SMILES string of the molecule is CC(C)(C)NCc1cn(-c2ccc3c(c2)OCCO3)nn1. The first-order valence-electron chi connectivity index (χ1n) is 7.07. The molecule has 2 heterocycles. The van der Waals surface area contributed by atoms with Crippen molar-refractivity contribution in [2.45, 2.75) is 32.9 Å². The van der Waals surface area contributed by atoms with Crippen molar-refractivity contribution >= 4 is 0 Å². The summed E-state index contributed by atoms with van der Waals surface area (Å²) in [6, 6.07) is 5.77. The lowest BCUT2D eigenvalue weighted by molar-refractivity contribution is 0.171. The Labute approximate surface area is 124 Å². The number of nitrogens with zero attached hydrogens (tertiary/aromatic N) is 3. The fourth-order valence-electron chi connectivity index (χ4n) is 2.04. The Bertz CT molecular complexity index is 631. The fraction of sp³-hybridized carbons (Fsp3) is 0.467. The van der Waals surface area contributed by atoms with Gasteiger partial charge in [0.15, 0.2) is 11.5 Å². The van der Waals surface area contributed by atoms with Crippen LogP contribution in [0.2, 0.25) is 0 Å². The van der Waals surface area contributed by atoms with Crippen LogP contribution >= 0.6 is 0 Å². The van der Waals surface area contributed by atoms with E-state index in [1.165, 1.54) is 0 Å². The standard InChI is InChI=1S/C15H20N4O2/c1-15(2,3)16-9-11-10-19(18-17-11)12-4-5-13-14(8-12)21-7-6-20-13/h4-5,8,10,16H,6-7,9H2,1-3H3. The number of aromatic nitrogens is 3. The zero-order valence-corrected chi connectivity index (χ0v) is 12.6. The average molecular weight is 288 g/mol. The van der Waals surface area contributed by atoms with Crippen molar-refractivity contribution in [3.63, 3.8) is 0 Å². The van der Waals surface area contributed by atoms with Gasteiger partial charge in [0.25, 0.3) is 0 Å². The predicted molar refractivity (Wildman–Crippen MR) is 78.9 cm³/mol. The van der Waals surface area contributed by atoms with E-state index in [0.29, 0.717) is 19.8 Å². The van der Waals surface area contributed by atoms with Crippen LogP contribution in [0.1, 0.15) is 26.5 Å². The Kier molecular flexibility index (Phi) is 3.55. The molecule has 0 amide bonds. The van der Waals surface area contributed by atoms with Gasteiger partial charge in [-0.2, -0.15) is 0 Å². The van der Waals surface area contributed by atoms with Gasteiger partial charge in [0.2, 0.25) is 0 Å². The third-order valence-electron chi connectivity index (χ3n) is 3.13. The van der Waals surface area contributed by atoms with E-state index in [1.54, 1.807) is 4.68 Å². The molecule has 0 saturated heterocycles. The Balaban J connectivity index is 1.77. The Morgan fingerprint density at radius 3 is 2.71 bits per heavy atom. The van der Waals surface area contributed by atoms with Crippen molar-refractivity contribution < 1.29 is 9.47 Å². The summed E-state index contributed by atoms with van der Waals surface area (Å²) in [4.78, 5) is 0. The van der Waals surface area contributed by atoms with Crippen LogP contribution in [0.15, 0.2) is 24.4 Å². The van der Waals surface area contributed by atoms with E-state index in [4.69, 9.17) is 9.47 Å².